The van der Waals surface area contributed by atoms with Crippen molar-refractivity contribution in [3.63, 3.8) is 0 Å². The quantitative estimate of drug-likeness (QED) is 0.686. The van der Waals surface area contributed by atoms with Gasteiger partial charge in [-0.2, -0.15) is 0 Å². The van der Waals surface area contributed by atoms with E-state index >= 15 is 0 Å². The lowest BCUT2D eigenvalue weighted by Crippen LogP contribution is -2.45. The smallest absolute Gasteiger partial charge is 0.0164 e. The fraction of sp³-hybridized carbons (Fsp3) is 1.00. The Hall–Kier alpha value is -0.0800. The first kappa shape index (κ1) is 12.9. The van der Waals surface area contributed by atoms with Crippen LogP contribution in [0.3, 0.4) is 0 Å². The molecule has 0 aromatic rings. The average Bonchev–Trinajstić information content (AvgIpc) is 1.95. The third-order valence-electron chi connectivity index (χ3n) is 1.81. The molecule has 0 aliphatic carbocycles. The van der Waals surface area contributed by atoms with Gasteiger partial charge < -0.3 is 10.6 Å². The zero-order valence-corrected chi connectivity index (χ0v) is 10.1. The molecule has 0 bridgehead atoms. The van der Waals surface area contributed by atoms with Crippen LogP contribution in [0.15, 0.2) is 0 Å². The van der Waals surface area contributed by atoms with E-state index in [1.165, 1.54) is 0 Å². The Morgan fingerprint density at radius 3 is 1.92 bits per heavy atom. The Morgan fingerprint density at radius 1 is 1.00 bits per heavy atom. The lowest BCUT2D eigenvalue weighted by Gasteiger charge is -2.24. The van der Waals surface area contributed by atoms with E-state index in [2.05, 4.69) is 52.2 Å². The van der Waals surface area contributed by atoms with E-state index in [9.17, 15) is 0 Å². The fourth-order valence-corrected chi connectivity index (χ4v) is 0.968. The van der Waals surface area contributed by atoms with E-state index in [0.717, 1.165) is 19.0 Å². The highest BCUT2D eigenvalue weighted by Gasteiger charge is 2.10. The molecule has 0 rings (SSSR count). The molecule has 2 nitrogen and oxygen atoms in total. The van der Waals surface area contributed by atoms with Gasteiger partial charge in [0.05, 0.1) is 0 Å². The first-order valence-electron chi connectivity index (χ1n) is 5.29. The van der Waals surface area contributed by atoms with Gasteiger partial charge >= 0.3 is 0 Å². The van der Waals surface area contributed by atoms with E-state index in [1.54, 1.807) is 0 Å². The number of hydrogen-bond donors (Lipinski definition) is 2. The number of rotatable bonds is 5. The zero-order chi connectivity index (χ0) is 10.5. The van der Waals surface area contributed by atoms with E-state index in [1.807, 2.05) is 0 Å². The lowest BCUT2D eigenvalue weighted by atomic mass is 10.1. The highest BCUT2D eigenvalue weighted by atomic mass is 15.0. The van der Waals surface area contributed by atoms with Gasteiger partial charge in [0.1, 0.15) is 0 Å². The van der Waals surface area contributed by atoms with Gasteiger partial charge in [-0.1, -0.05) is 13.8 Å². The molecule has 0 amide bonds. The monoisotopic (exact) mass is 186 g/mol. The maximum absolute atomic E-state index is 3.49. The Balaban J connectivity index is 3.46. The first-order chi connectivity index (χ1) is 5.81. The van der Waals surface area contributed by atoms with Gasteiger partial charge in [0, 0.05) is 18.1 Å². The molecule has 13 heavy (non-hydrogen) atoms. The van der Waals surface area contributed by atoms with E-state index in [-0.39, 0.29) is 5.54 Å². The second-order valence-electron chi connectivity index (χ2n) is 5.33. The lowest BCUT2D eigenvalue weighted by molar-refractivity contribution is 0.379. The molecule has 0 aliphatic rings. The summed E-state index contributed by atoms with van der Waals surface area (Å²) in [5.41, 5.74) is 0.230. The summed E-state index contributed by atoms with van der Waals surface area (Å²) in [5.74, 6) is 0.733. The second-order valence-corrected chi connectivity index (χ2v) is 5.33. The van der Waals surface area contributed by atoms with Gasteiger partial charge in [-0.15, -0.1) is 0 Å². The molecule has 0 saturated heterocycles. The summed E-state index contributed by atoms with van der Waals surface area (Å²) >= 11 is 0. The summed E-state index contributed by atoms with van der Waals surface area (Å²) in [7, 11) is 0. The van der Waals surface area contributed by atoms with Crippen molar-refractivity contribution >= 4 is 0 Å². The Bertz CT molecular complexity index is 125. The van der Waals surface area contributed by atoms with Crippen LogP contribution in [0, 0.1) is 5.92 Å². The summed E-state index contributed by atoms with van der Waals surface area (Å²) in [6.07, 6.45) is 0. The van der Waals surface area contributed by atoms with Crippen LogP contribution in [-0.2, 0) is 0 Å². The molecular weight excluding hydrogens is 160 g/mol. The van der Waals surface area contributed by atoms with E-state index in [0.29, 0.717) is 6.04 Å². The summed E-state index contributed by atoms with van der Waals surface area (Å²) in [6, 6.07) is 0.557. The molecule has 0 spiro atoms. The van der Waals surface area contributed by atoms with Crippen LogP contribution in [0.1, 0.15) is 41.5 Å². The minimum Gasteiger partial charge on any atom is -0.313 e. The van der Waals surface area contributed by atoms with Crippen molar-refractivity contribution < 1.29 is 0 Å². The first-order valence-corrected chi connectivity index (χ1v) is 5.29. The summed E-state index contributed by atoms with van der Waals surface area (Å²) in [5, 5.41) is 6.97. The van der Waals surface area contributed by atoms with Crippen molar-refractivity contribution in [2.45, 2.75) is 53.1 Å². The molecule has 80 valence electrons. The van der Waals surface area contributed by atoms with Crippen LogP contribution in [0.5, 0.6) is 0 Å². The summed E-state index contributed by atoms with van der Waals surface area (Å²) in [6.45, 7) is 15.4. The molecule has 0 heterocycles. The summed E-state index contributed by atoms with van der Waals surface area (Å²) in [4.78, 5) is 0. The van der Waals surface area contributed by atoms with E-state index < -0.39 is 0 Å². The second kappa shape index (κ2) is 5.61. The molecule has 2 heteroatoms. The third-order valence-corrected chi connectivity index (χ3v) is 1.81. The maximum atomic E-state index is 3.49. The van der Waals surface area contributed by atoms with Crippen molar-refractivity contribution in [1.82, 2.24) is 10.6 Å². The highest BCUT2D eigenvalue weighted by molar-refractivity contribution is 4.74. The largest absolute Gasteiger partial charge is 0.313 e. The number of hydrogen-bond acceptors (Lipinski definition) is 2. The van der Waals surface area contributed by atoms with Crippen LogP contribution in [0.4, 0.5) is 0 Å². The zero-order valence-electron chi connectivity index (χ0n) is 10.1. The SMILES string of the molecule is CC(C)CNC(C)CNC(C)(C)C. The molecular formula is C11H26N2. The van der Waals surface area contributed by atoms with Gasteiger partial charge in [-0.25, -0.2) is 0 Å². The minimum atomic E-state index is 0.230. The molecule has 0 aliphatic heterocycles. The standard InChI is InChI=1S/C11H26N2/c1-9(2)7-12-10(3)8-13-11(4,5)6/h9-10,12-13H,7-8H2,1-6H3. The Kier molecular flexibility index (Phi) is 5.57. The van der Waals surface area contributed by atoms with Crippen LogP contribution >= 0.6 is 0 Å². The van der Waals surface area contributed by atoms with Gasteiger partial charge in [-0.05, 0) is 40.2 Å². The van der Waals surface area contributed by atoms with Crippen LogP contribution < -0.4 is 10.6 Å². The molecule has 0 saturated carbocycles. The fourth-order valence-electron chi connectivity index (χ4n) is 0.968. The summed E-state index contributed by atoms with van der Waals surface area (Å²) < 4.78 is 0. The van der Waals surface area contributed by atoms with Crippen molar-refractivity contribution in [2.75, 3.05) is 13.1 Å². The van der Waals surface area contributed by atoms with Gasteiger partial charge in [0.25, 0.3) is 0 Å². The number of nitrogens with one attached hydrogen (secondary N) is 2. The normalized spacial score (nSPS) is 15.0. The van der Waals surface area contributed by atoms with Crippen molar-refractivity contribution in [3.8, 4) is 0 Å². The molecule has 1 atom stereocenters. The molecule has 2 N–H and O–H groups in total. The van der Waals surface area contributed by atoms with Gasteiger partial charge in [0.15, 0.2) is 0 Å². The van der Waals surface area contributed by atoms with Crippen LogP contribution in [-0.4, -0.2) is 24.7 Å². The Labute approximate surface area is 83.5 Å². The minimum absolute atomic E-state index is 0.230. The molecule has 0 radical (unpaired) electrons. The predicted molar refractivity (Wildman–Crippen MR) is 60.1 cm³/mol. The predicted octanol–water partition coefficient (Wildman–Crippen LogP) is 2.01. The average molecular weight is 186 g/mol. The molecule has 0 aromatic carbocycles. The topological polar surface area (TPSA) is 24.1 Å². The van der Waals surface area contributed by atoms with Crippen molar-refractivity contribution in [1.29, 1.82) is 0 Å². The van der Waals surface area contributed by atoms with Crippen LogP contribution in [0.25, 0.3) is 0 Å². The van der Waals surface area contributed by atoms with Gasteiger partial charge in [-0.3, -0.25) is 0 Å². The third kappa shape index (κ3) is 9.84. The highest BCUT2D eigenvalue weighted by Crippen LogP contribution is 1.98. The molecule has 0 fully saturated rings. The van der Waals surface area contributed by atoms with E-state index in [4.69, 9.17) is 0 Å². The Morgan fingerprint density at radius 2 is 1.54 bits per heavy atom. The maximum Gasteiger partial charge on any atom is 0.0164 e. The molecule has 1 unspecified atom stereocenters. The van der Waals surface area contributed by atoms with Crippen molar-refractivity contribution in [3.05, 3.63) is 0 Å². The van der Waals surface area contributed by atoms with Crippen molar-refractivity contribution in [2.24, 2.45) is 5.92 Å². The van der Waals surface area contributed by atoms with Crippen LogP contribution in [0.2, 0.25) is 0 Å². The van der Waals surface area contributed by atoms with Gasteiger partial charge in [0.2, 0.25) is 0 Å². The molecule has 0 aromatic heterocycles.